The summed E-state index contributed by atoms with van der Waals surface area (Å²) in [5.41, 5.74) is 0.526. The van der Waals surface area contributed by atoms with Gasteiger partial charge in [-0.05, 0) is 61.2 Å². The Hall–Kier alpha value is -2.87. The molecule has 3 aromatic carbocycles. The van der Waals surface area contributed by atoms with Gasteiger partial charge in [0.15, 0.2) is 5.75 Å². The van der Waals surface area contributed by atoms with Crippen LogP contribution in [0.5, 0.6) is 11.5 Å². The SMILES string of the molecule is CC1CCN(S(=O)(=O)c2ccc(Cl)c(C(=O)Nc3ccccc3Oc3ccccc3)c2)CC1. The average molecular weight is 485 g/mol. The van der Waals surface area contributed by atoms with Crippen LogP contribution < -0.4 is 10.1 Å². The summed E-state index contributed by atoms with van der Waals surface area (Å²) < 4.78 is 33.6. The maximum absolute atomic E-state index is 13.1. The van der Waals surface area contributed by atoms with Gasteiger partial charge in [-0.25, -0.2) is 8.42 Å². The largest absolute Gasteiger partial charge is 0.455 e. The van der Waals surface area contributed by atoms with Gasteiger partial charge in [0, 0.05) is 13.1 Å². The first-order valence-electron chi connectivity index (χ1n) is 10.8. The van der Waals surface area contributed by atoms with Crippen molar-refractivity contribution < 1.29 is 17.9 Å². The maximum Gasteiger partial charge on any atom is 0.257 e. The summed E-state index contributed by atoms with van der Waals surface area (Å²) >= 11 is 6.28. The zero-order valence-corrected chi connectivity index (χ0v) is 19.8. The zero-order valence-electron chi connectivity index (χ0n) is 18.2. The molecule has 8 heteroatoms. The number of anilines is 1. The van der Waals surface area contributed by atoms with Crippen LogP contribution in [0, 0.1) is 5.92 Å². The molecule has 33 heavy (non-hydrogen) atoms. The van der Waals surface area contributed by atoms with Crippen molar-refractivity contribution in [3.8, 4) is 11.5 Å². The molecule has 1 heterocycles. The number of carbonyl (C=O) groups is 1. The Labute approximate surface area is 199 Å². The van der Waals surface area contributed by atoms with E-state index in [2.05, 4.69) is 12.2 Å². The first kappa shape index (κ1) is 23.3. The molecule has 1 fully saturated rings. The van der Waals surface area contributed by atoms with Gasteiger partial charge in [0.25, 0.3) is 5.91 Å². The quantitative estimate of drug-likeness (QED) is 0.479. The van der Waals surface area contributed by atoms with E-state index in [-0.39, 0.29) is 15.5 Å². The summed E-state index contributed by atoms with van der Waals surface area (Å²) in [6, 6.07) is 20.5. The third-order valence-corrected chi connectivity index (χ3v) is 7.89. The number of rotatable bonds is 6. The molecule has 1 amide bonds. The molecule has 0 aliphatic carbocycles. The Kier molecular flexibility index (Phi) is 7.02. The summed E-state index contributed by atoms with van der Waals surface area (Å²) in [4.78, 5) is 13.1. The van der Waals surface area contributed by atoms with Crippen molar-refractivity contribution in [2.75, 3.05) is 18.4 Å². The summed E-state index contributed by atoms with van der Waals surface area (Å²) in [5, 5.41) is 2.96. The van der Waals surface area contributed by atoms with E-state index in [4.69, 9.17) is 16.3 Å². The topological polar surface area (TPSA) is 75.7 Å². The van der Waals surface area contributed by atoms with Gasteiger partial charge in [0.1, 0.15) is 5.75 Å². The second-order valence-electron chi connectivity index (χ2n) is 8.09. The number of para-hydroxylation sites is 3. The molecular weight excluding hydrogens is 460 g/mol. The molecule has 4 rings (SSSR count). The van der Waals surface area contributed by atoms with E-state index in [9.17, 15) is 13.2 Å². The molecule has 0 unspecified atom stereocenters. The molecular formula is C25H25ClN2O4S. The summed E-state index contributed by atoms with van der Waals surface area (Å²) in [6.45, 7) is 3.06. The minimum Gasteiger partial charge on any atom is -0.455 e. The number of nitrogens with one attached hydrogen (secondary N) is 1. The van der Waals surface area contributed by atoms with E-state index in [0.717, 1.165) is 12.8 Å². The van der Waals surface area contributed by atoms with Gasteiger partial charge in [0.05, 0.1) is 21.2 Å². The standard InChI is InChI=1S/C25H25ClN2O4S/c1-18-13-15-28(16-14-18)33(30,31)20-11-12-22(26)21(17-20)25(29)27-23-9-5-6-10-24(23)32-19-7-3-2-4-8-19/h2-12,17-18H,13-16H2,1H3,(H,27,29). The van der Waals surface area contributed by atoms with Crippen LogP contribution in [0.3, 0.4) is 0 Å². The summed E-state index contributed by atoms with van der Waals surface area (Å²) in [6.07, 6.45) is 1.64. The first-order chi connectivity index (χ1) is 15.8. The van der Waals surface area contributed by atoms with Crippen molar-refractivity contribution in [1.29, 1.82) is 0 Å². The zero-order chi connectivity index (χ0) is 23.4. The summed E-state index contributed by atoms with van der Waals surface area (Å²) in [5.74, 6) is 1.06. The molecule has 1 aliphatic heterocycles. The van der Waals surface area contributed by atoms with Gasteiger partial charge in [0.2, 0.25) is 10.0 Å². The molecule has 1 N–H and O–H groups in total. The van der Waals surface area contributed by atoms with Crippen molar-refractivity contribution in [3.05, 3.63) is 83.4 Å². The Balaban J connectivity index is 1.57. The van der Waals surface area contributed by atoms with Crippen LogP contribution >= 0.6 is 11.6 Å². The number of benzene rings is 3. The second kappa shape index (κ2) is 9.95. The Bertz CT molecular complexity index is 1240. The van der Waals surface area contributed by atoms with E-state index in [1.54, 1.807) is 24.3 Å². The van der Waals surface area contributed by atoms with E-state index in [0.29, 0.717) is 36.2 Å². The normalized spacial score (nSPS) is 15.2. The number of sulfonamides is 1. The van der Waals surface area contributed by atoms with Gasteiger partial charge in [-0.15, -0.1) is 0 Å². The number of amides is 1. The van der Waals surface area contributed by atoms with Crippen molar-refractivity contribution in [3.63, 3.8) is 0 Å². The first-order valence-corrected chi connectivity index (χ1v) is 12.6. The average Bonchev–Trinajstić information content (AvgIpc) is 2.81. The number of piperidine rings is 1. The highest BCUT2D eigenvalue weighted by Gasteiger charge is 2.29. The van der Waals surface area contributed by atoms with Crippen LogP contribution in [0.2, 0.25) is 5.02 Å². The fraction of sp³-hybridized carbons (Fsp3) is 0.240. The second-order valence-corrected chi connectivity index (χ2v) is 10.4. The molecule has 0 radical (unpaired) electrons. The number of hydrogen-bond donors (Lipinski definition) is 1. The minimum absolute atomic E-state index is 0.0559. The fourth-order valence-electron chi connectivity index (χ4n) is 3.68. The smallest absolute Gasteiger partial charge is 0.257 e. The van der Waals surface area contributed by atoms with Gasteiger partial charge in [-0.1, -0.05) is 48.9 Å². The third kappa shape index (κ3) is 5.38. The fourth-order valence-corrected chi connectivity index (χ4v) is 5.38. The van der Waals surface area contributed by atoms with Crippen LogP contribution in [0.25, 0.3) is 0 Å². The van der Waals surface area contributed by atoms with Crippen LogP contribution in [0.15, 0.2) is 77.7 Å². The maximum atomic E-state index is 13.1. The van der Waals surface area contributed by atoms with E-state index in [1.165, 1.54) is 22.5 Å². The van der Waals surface area contributed by atoms with Gasteiger partial charge in [-0.3, -0.25) is 4.79 Å². The summed E-state index contributed by atoms with van der Waals surface area (Å²) in [7, 11) is -3.71. The van der Waals surface area contributed by atoms with Crippen molar-refractivity contribution in [2.45, 2.75) is 24.7 Å². The minimum atomic E-state index is -3.71. The molecule has 0 saturated carbocycles. The van der Waals surface area contributed by atoms with Gasteiger partial charge in [-0.2, -0.15) is 4.31 Å². The van der Waals surface area contributed by atoms with Crippen LogP contribution in [0.1, 0.15) is 30.1 Å². The van der Waals surface area contributed by atoms with Crippen LogP contribution in [-0.4, -0.2) is 31.7 Å². The van der Waals surface area contributed by atoms with Crippen LogP contribution in [-0.2, 0) is 10.0 Å². The molecule has 1 aliphatic rings. The highest BCUT2D eigenvalue weighted by Crippen LogP contribution is 2.31. The molecule has 0 aromatic heterocycles. The Morgan fingerprint density at radius 2 is 1.67 bits per heavy atom. The molecule has 172 valence electrons. The monoisotopic (exact) mass is 484 g/mol. The number of halogens is 1. The highest BCUT2D eigenvalue weighted by molar-refractivity contribution is 7.89. The van der Waals surface area contributed by atoms with Gasteiger partial charge < -0.3 is 10.1 Å². The molecule has 1 saturated heterocycles. The Morgan fingerprint density at radius 3 is 2.39 bits per heavy atom. The van der Waals surface area contributed by atoms with Crippen molar-refractivity contribution in [1.82, 2.24) is 4.31 Å². The molecule has 6 nitrogen and oxygen atoms in total. The lowest BCUT2D eigenvalue weighted by Crippen LogP contribution is -2.37. The van der Waals surface area contributed by atoms with E-state index < -0.39 is 15.9 Å². The predicted molar refractivity (Wildman–Crippen MR) is 130 cm³/mol. The third-order valence-electron chi connectivity index (χ3n) is 5.67. The van der Waals surface area contributed by atoms with Crippen molar-refractivity contribution in [2.24, 2.45) is 5.92 Å². The number of hydrogen-bond acceptors (Lipinski definition) is 4. The lowest BCUT2D eigenvalue weighted by atomic mass is 10.0. The molecule has 0 bridgehead atoms. The predicted octanol–water partition coefficient (Wildman–Crippen LogP) is 5.81. The van der Waals surface area contributed by atoms with E-state index in [1.807, 2.05) is 30.3 Å². The molecule has 0 spiro atoms. The highest BCUT2D eigenvalue weighted by atomic mass is 35.5. The molecule has 0 atom stereocenters. The van der Waals surface area contributed by atoms with Gasteiger partial charge >= 0.3 is 0 Å². The lowest BCUT2D eigenvalue weighted by Gasteiger charge is -2.29. The number of ether oxygens (including phenoxy) is 1. The number of nitrogens with zero attached hydrogens (tertiary/aromatic N) is 1. The molecule has 3 aromatic rings. The Morgan fingerprint density at radius 1 is 1.00 bits per heavy atom. The van der Waals surface area contributed by atoms with Crippen LogP contribution in [0.4, 0.5) is 5.69 Å². The lowest BCUT2D eigenvalue weighted by molar-refractivity contribution is 0.102. The number of carbonyl (C=O) groups excluding carboxylic acids is 1. The van der Waals surface area contributed by atoms with E-state index >= 15 is 0 Å². The van der Waals surface area contributed by atoms with Crippen molar-refractivity contribution >= 4 is 33.2 Å².